The maximum Gasteiger partial charge on any atom is 0.408 e. The van der Waals surface area contributed by atoms with Gasteiger partial charge in [0, 0.05) is 11.5 Å². The normalized spacial score (nSPS) is 20.1. The third-order valence-corrected chi connectivity index (χ3v) is 7.40. The maximum atomic E-state index is 12.3. The predicted octanol–water partition coefficient (Wildman–Crippen LogP) is 7.53. The van der Waals surface area contributed by atoms with Gasteiger partial charge in [-0.1, -0.05) is 48.8 Å². The summed E-state index contributed by atoms with van der Waals surface area (Å²) >= 11 is 1.51. The van der Waals surface area contributed by atoms with E-state index in [2.05, 4.69) is 65.1 Å². The maximum absolute atomic E-state index is 12.3. The number of hydrogen-bond acceptors (Lipinski definition) is 4. The van der Waals surface area contributed by atoms with Gasteiger partial charge in [0.2, 0.25) is 0 Å². The van der Waals surface area contributed by atoms with E-state index in [1.54, 1.807) is 0 Å². The molecule has 34 heavy (non-hydrogen) atoms. The van der Waals surface area contributed by atoms with E-state index >= 15 is 0 Å². The Kier molecular flexibility index (Phi) is 15.0. The zero-order chi connectivity index (χ0) is 25.5. The fraction of sp³-hybridized carbons (Fsp3) is 0.714. The topological polar surface area (TPSA) is 75.6 Å². The molecule has 0 saturated heterocycles. The summed E-state index contributed by atoms with van der Waals surface area (Å²) in [6.07, 6.45) is 14.2. The van der Waals surface area contributed by atoms with Crippen molar-refractivity contribution in [2.75, 3.05) is 11.5 Å². The summed E-state index contributed by atoms with van der Waals surface area (Å²) < 4.78 is 5.55. The Morgan fingerprint density at radius 2 is 1.68 bits per heavy atom. The lowest BCUT2D eigenvalue weighted by atomic mass is 9.80. The number of nitrogens with one attached hydrogen (secondary N) is 1. The Bertz CT molecular complexity index is 722. The third kappa shape index (κ3) is 13.9. The number of carboxylic acid groups (broad SMARTS) is 1. The number of alkyl carbamates (subject to hydrolysis) is 1. The Hall–Kier alpha value is -1.69. The lowest BCUT2D eigenvalue weighted by molar-refractivity contribution is -0.138. The molecule has 1 rings (SSSR count). The number of hydrogen-bond donors (Lipinski definition) is 2. The fourth-order valence-electron chi connectivity index (χ4n) is 4.12. The van der Waals surface area contributed by atoms with Crippen molar-refractivity contribution in [3.05, 3.63) is 34.9 Å². The first-order valence-electron chi connectivity index (χ1n) is 12.8. The monoisotopic (exact) mass is 493 g/mol. The minimum atomic E-state index is -1.03. The van der Waals surface area contributed by atoms with Gasteiger partial charge in [0.1, 0.15) is 12.1 Å². The summed E-state index contributed by atoms with van der Waals surface area (Å²) in [5, 5.41) is 12.1. The molecule has 2 N–H and O–H groups in total. The average Bonchev–Trinajstić information content (AvgIpc) is 2.75. The second kappa shape index (κ2) is 16.9. The quantitative estimate of drug-likeness (QED) is 0.193. The summed E-state index contributed by atoms with van der Waals surface area (Å²) in [5.74, 6) is 1.16. The van der Waals surface area contributed by atoms with Gasteiger partial charge in [0.15, 0.2) is 0 Å². The average molecular weight is 494 g/mol. The minimum absolute atomic E-state index is 0.112. The van der Waals surface area contributed by atoms with Gasteiger partial charge in [-0.05, 0) is 90.9 Å². The van der Waals surface area contributed by atoms with Crippen LogP contribution in [0.1, 0.15) is 92.9 Å². The molecule has 1 saturated carbocycles. The first-order chi connectivity index (χ1) is 16.1. The zero-order valence-electron chi connectivity index (χ0n) is 22.2. The Morgan fingerprint density at radius 1 is 1.03 bits per heavy atom. The van der Waals surface area contributed by atoms with Crippen LogP contribution in [0.25, 0.3) is 0 Å². The zero-order valence-corrected chi connectivity index (χ0v) is 23.0. The number of thioether (sulfide) groups is 1. The van der Waals surface area contributed by atoms with Crippen LogP contribution in [0, 0.1) is 11.8 Å². The second-order valence-corrected chi connectivity index (χ2v) is 11.3. The number of allylic oxidation sites excluding steroid dienone is 5. The lowest BCUT2D eigenvalue weighted by Crippen LogP contribution is -2.44. The molecule has 0 aliphatic heterocycles. The van der Waals surface area contributed by atoms with Crippen LogP contribution in [0.5, 0.6) is 0 Å². The first kappa shape index (κ1) is 30.3. The molecule has 0 aromatic carbocycles. The van der Waals surface area contributed by atoms with E-state index in [9.17, 15) is 14.7 Å². The highest BCUT2D eigenvalue weighted by Crippen LogP contribution is 2.31. The number of carboxylic acids is 1. The molecule has 1 fully saturated rings. The molecule has 0 aromatic rings. The van der Waals surface area contributed by atoms with Gasteiger partial charge in [0.25, 0.3) is 0 Å². The third-order valence-electron chi connectivity index (χ3n) is 6.43. The summed E-state index contributed by atoms with van der Waals surface area (Å²) in [7, 11) is 0. The number of amides is 1. The van der Waals surface area contributed by atoms with E-state index in [0.29, 0.717) is 17.6 Å². The van der Waals surface area contributed by atoms with Gasteiger partial charge in [-0.3, -0.25) is 0 Å². The van der Waals surface area contributed by atoms with Gasteiger partial charge >= 0.3 is 12.1 Å². The highest BCUT2D eigenvalue weighted by Gasteiger charge is 2.28. The van der Waals surface area contributed by atoms with Crippen LogP contribution >= 0.6 is 11.8 Å². The number of ether oxygens (including phenoxy) is 1. The van der Waals surface area contributed by atoms with Crippen molar-refractivity contribution in [3.8, 4) is 0 Å². The van der Waals surface area contributed by atoms with E-state index in [4.69, 9.17) is 4.74 Å². The highest BCUT2D eigenvalue weighted by atomic mass is 32.2. The minimum Gasteiger partial charge on any atom is -0.480 e. The van der Waals surface area contributed by atoms with Crippen molar-refractivity contribution in [3.63, 3.8) is 0 Å². The number of carbonyl (C=O) groups is 2. The number of aliphatic carboxylic acids is 1. The van der Waals surface area contributed by atoms with Crippen molar-refractivity contribution < 1.29 is 19.4 Å². The van der Waals surface area contributed by atoms with Gasteiger partial charge in [0.05, 0.1) is 0 Å². The molecule has 0 radical (unpaired) electrons. The van der Waals surface area contributed by atoms with Crippen molar-refractivity contribution in [1.29, 1.82) is 0 Å². The van der Waals surface area contributed by atoms with Gasteiger partial charge in [-0.15, -0.1) is 0 Å². The second-order valence-electron chi connectivity index (χ2n) is 10.2. The van der Waals surface area contributed by atoms with Crippen molar-refractivity contribution in [1.82, 2.24) is 5.32 Å². The summed E-state index contributed by atoms with van der Waals surface area (Å²) in [6.45, 7) is 13.0. The first-order valence-corrected chi connectivity index (χ1v) is 14.0. The summed E-state index contributed by atoms with van der Waals surface area (Å²) in [5.41, 5.74) is 4.09. The Labute approximate surface area is 211 Å². The van der Waals surface area contributed by atoms with E-state index in [0.717, 1.165) is 50.7 Å². The Balaban J connectivity index is 2.34. The van der Waals surface area contributed by atoms with Crippen LogP contribution in [0.2, 0.25) is 0 Å². The molecule has 3 atom stereocenters. The molecule has 5 nitrogen and oxygen atoms in total. The number of rotatable bonds is 14. The molecule has 194 valence electrons. The van der Waals surface area contributed by atoms with Crippen LogP contribution in [-0.4, -0.2) is 40.8 Å². The molecule has 0 heterocycles. The molecule has 0 aromatic heterocycles. The molecule has 1 aliphatic rings. The van der Waals surface area contributed by atoms with Crippen molar-refractivity contribution in [2.45, 2.75) is 105 Å². The van der Waals surface area contributed by atoms with Crippen molar-refractivity contribution >= 4 is 23.8 Å². The van der Waals surface area contributed by atoms with E-state index in [-0.39, 0.29) is 6.10 Å². The molecule has 1 aliphatic carbocycles. The highest BCUT2D eigenvalue weighted by molar-refractivity contribution is 7.99. The van der Waals surface area contributed by atoms with Crippen molar-refractivity contribution in [2.24, 2.45) is 11.8 Å². The fourth-order valence-corrected chi connectivity index (χ4v) is 5.12. The predicted molar refractivity (Wildman–Crippen MR) is 144 cm³/mol. The van der Waals surface area contributed by atoms with E-state index in [1.165, 1.54) is 34.9 Å². The molecule has 0 bridgehead atoms. The van der Waals surface area contributed by atoms with Gasteiger partial charge < -0.3 is 15.2 Å². The molecule has 1 amide bonds. The smallest absolute Gasteiger partial charge is 0.408 e. The standard InChI is InChI=1S/C28H47NO4S/c1-20(2)10-7-11-22(5)12-8-13-23(6)16-17-34-19-26(27(30)31)29-28(32)33-25-15-9-14-24(18-25)21(3)4/h10,12,16,21,24-26H,7-9,11,13-15,17-19H2,1-6H3,(H,29,32)(H,30,31)/b22-12+,23-16+. The molecular weight excluding hydrogens is 446 g/mol. The van der Waals surface area contributed by atoms with Crippen LogP contribution < -0.4 is 5.32 Å². The number of carbonyl (C=O) groups excluding carboxylic acids is 1. The van der Waals surface area contributed by atoms with Crippen LogP contribution in [-0.2, 0) is 9.53 Å². The molecule has 0 spiro atoms. The van der Waals surface area contributed by atoms with Crippen LogP contribution in [0.15, 0.2) is 34.9 Å². The van der Waals surface area contributed by atoms with Crippen LogP contribution in [0.4, 0.5) is 4.79 Å². The van der Waals surface area contributed by atoms with Crippen LogP contribution in [0.3, 0.4) is 0 Å². The Morgan fingerprint density at radius 3 is 2.29 bits per heavy atom. The summed E-state index contributed by atoms with van der Waals surface area (Å²) in [4.78, 5) is 23.9. The summed E-state index contributed by atoms with van der Waals surface area (Å²) in [6, 6.07) is -0.943. The molecular formula is C28H47NO4S. The van der Waals surface area contributed by atoms with E-state index < -0.39 is 18.1 Å². The van der Waals surface area contributed by atoms with Gasteiger partial charge in [-0.25, -0.2) is 9.59 Å². The van der Waals surface area contributed by atoms with E-state index in [1.807, 2.05) is 0 Å². The molecule has 3 unspecified atom stereocenters. The molecule has 6 heteroatoms. The largest absolute Gasteiger partial charge is 0.480 e. The van der Waals surface area contributed by atoms with Gasteiger partial charge in [-0.2, -0.15) is 11.8 Å². The SMILES string of the molecule is CC(C)=CCC/C(C)=C/CC/C(C)=C/CSCC(NC(=O)OC1CCCC(C(C)C)C1)C(=O)O. The lowest BCUT2D eigenvalue weighted by Gasteiger charge is -2.31.